The molecular weight excluding hydrogens is 332 g/mol. The number of anilines is 2. The molecule has 3 aromatic rings. The lowest BCUT2D eigenvalue weighted by Crippen LogP contribution is -2.29. The van der Waals surface area contributed by atoms with Gasteiger partial charge in [-0.25, -0.2) is 14.9 Å². The second-order valence-corrected chi connectivity index (χ2v) is 5.56. The molecule has 126 valence electrons. The third-order valence-electron chi connectivity index (χ3n) is 3.97. The number of nitrogens with zero attached hydrogens (tertiary/aromatic N) is 3. The van der Waals surface area contributed by atoms with Crippen molar-refractivity contribution in [3.05, 3.63) is 83.7 Å². The molecule has 2 heterocycles. The molecule has 0 unspecified atom stereocenters. The first-order valence-corrected chi connectivity index (χ1v) is 7.81. The molecule has 0 fully saturated rings. The second kappa shape index (κ2) is 6.21. The molecule has 0 saturated carbocycles. The molecule has 26 heavy (non-hydrogen) atoms. The lowest BCUT2D eigenvalue weighted by atomic mass is 10.1. The minimum atomic E-state index is -0.384. The van der Waals surface area contributed by atoms with Crippen LogP contribution in [0.4, 0.5) is 11.6 Å². The van der Waals surface area contributed by atoms with Gasteiger partial charge in [0.2, 0.25) is 5.95 Å². The number of fused-ring (bicyclic) bond motifs is 1. The highest BCUT2D eigenvalue weighted by Crippen LogP contribution is 2.28. The van der Waals surface area contributed by atoms with Gasteiger partial charge in [0.05, 0.1) is 16.8 Å². The number of carbonyl (C=O) groups is 3. The van der Waals surface area contributed by atoms with Crippen molar-refractivity contribution in [1.82, 2.24) is 9.97 Å². The number of nitrogens with one attached hydrogen (secondary N) is 1. The maximum absolute atomic E-state index is 12.5. The van der Waals surface area contributed by atoms with Gasteiger partial charge in [0.15, 0.2) is 0 Å². The van der Waals surface area contributed by atoms with Crippen LogP contribution in [0.25, 0.3) is 0 Å². The van der Waals surface area contributed by atoms with Crippen LogP contribution in [0.3, 0.4) is 0 Å². The molecule has 1 aromatic heterocycles. The van der Waals surface area contributed by atoms with Crippen molar-refractivity contribution in [3.63, 3.8) is 0 Å². The van der Waals surface area contributed by atoms with Crippen LogP contribution < -0.4 is 10.2 Å². The maximum Gasteiger partial charge on any atom is 0.266 e. The smallest absolute Gasteiger partial charge is 0.266 e. The van der Waals surface area contributed by atoms with E-state index in [0.717, 1.165) is 4.90 Å². The van der Waals surface area contributed by atoms with Crippen molar-refractivity contribution >= 4 is 29.4 Å². The van der Waals surface area contributed by atoms with Gasteiger partial charge >= 0.3 is 0 Å². The highest BCUT2D eigenvalue weighted by atomic mass is 16.2. The van der Waals surface area contributed by atoms with E-state index in [2.05, 4.69) is 15.3 Å². The van der Waals surface area contributed by atoms with E-state index in [1.807, 2.05) is 0 Å². The normalized spacial score (nSPS) is 12.8. The molecule has 7 nitrogen and oxygen atoms in total. The fourth-order valence-electron chi connectivity index (χ4n) is 2.72. The van der Waals surface area contributed by atoms with Crippen molar-refractivity contribution in [2.75, 3.05) is 10.2 Å². The maximum atomic E-state index is 12.5. The second-order valence-electron chi connectivity index (χ2n) is 5.56. The van der Waals surface area contributed by atoms with Crippen molar-refractivity contribution in [3.8, 4) is 0 Å². The molecular formula is C19H12N4O3. The van der Waals surface area contributed by atoms with E-state index in [1.54, 1.807) is 42.5 Å². The zero-order chi connectivity index (χ0) is 18.1. The summed E-state index contributed by atoms with van der Waals surface area (Å²) in [5, 5.41) is 2.57. The summed E-state index contributed by atoms with van der Waals surface area (Å²) in [5.41, 5.74) is 1.52. The number of imide groups is 1. The molecule has 0 saturated heterocycles. The fourth-order valence-corrected chi connectivity index (χ4v) is 2.72. The predicted octanol–water partition coefficient (Wildman–Crippen LogP) is 2.53. The Kier molecular flexibility index (Phi) is 3.74. The standard InChI is InChI=1S/C19H12N4O3/c24-16(22-19-20-10-3-11-21-19)12-6-8-13(9-7-12)23-17(25)14-4-1-2-5-15(14)18(23)26/h1-11H,(H,20,21,22,24). The molecule has 4 rings (SSSR count). The van der Waals surface area contributed by atoms with E-state index in [4.69, 9.17) is 0 Å². The van der Waals surface area contributed by atoms with Crippen molar-refractivity contribution in [1.29, 1.82) is 0 Å². The Morgan fingerprint density at radius 3 is 1.96 bits per heavy atom. The first-order valence-electron chi connectivity index (χ1n) is 7.81. The van der Waals surface area contributed by atoms with E-state index < -0.39 is 0 Å². The van der Waals surface area contributed by atoms with E-state index in [-0.39, 0.29) is 23.7 Å². The molecule has 1 N–H and O–H groups in total. The highest BCUT2D eigenvalue weighted by Gasteiger charge is 2.36. The Morgan fingerprint density at radius 2 is 1.38 bits per heavy atom. The summed E-state index contributed by atoms with van der Waals surface area (Å²) < 4.78 is 0. The van der Waals surface area contributed by atoms with Gasteiger partial charge < -0.3 is 0 Å². The van der Waals surface area contributed by atoms with Crippen LogP contribution in [0.15, 0.2) is 67.0 Å². The van der Waals surface area contributed by atoms with E-state index in [1.165, 1.54) is 24.5 Å². The Morgan fingerprint density at radius 1 is 0.808 bits per heavy atom. The van der Waals surface area contributed by atoms with Crippen molar-refractivity contribution < 1.29 is 14.4 Å². The largest absolute Gasteiger partial charge is 0.290 e. The van der Waals surface area contributed by atoms with Gasteiger partial charge in [-0.05, 0) is 42.5 Å². The van der Waals surface area contributed by atoms with Crippen molar-refractivity contribution in [2.45, 2.75) is 0 Å². The SMILES string of the molecule is O=C(Nc1ncccn1)c1ccc(N2C(=O)c3ccccc3C2=O)cc1. The van der Waals surface area contributed by atoms with E-state index in [0.29, 0.717) is 22.4 Å². The van der Waals surface area contributed by atoms with E-state index >= 15 is 0 Å². The minimum absolute atomic E-state index is 0.196. The van der Waals surface area contributed by atoms with Gasteiger partial charge in [0.25, 0.3) is 17.7 Å². The quantitative estimate of drug-likeness (QED) is 0.737. The average Bonchev–Trinajstić information content (AvgIpc) is 2.94. The van der Waals surface area contributed by atoms with Gasteiger partial charge in [0, 0.05) is 18.0 Å². The van der Waals surface area contributed by atoms with Crippen molar-refractivity contribution in [2.24, 2.45) is 0 Å². The van der Waals surface area contributed by atoms with Crippen LogP contribution in [-0.2, 0) is 0 Å². The number of aromatic nitrogens is 2. The lowest BCUT2D eigenvalue weighted by molar-refractivity contribution is 0.0925. The van der Waals surface area contributed by atoms with Gasteiger partial charge in [-0.15, -0.1) is 0 Å². The number of amides is 3. The minimum Gasteiger partial charge on any atom is -0.290 e. The Labute approximate surface area is 148 Å². The van der Waals surface area contributed by atoms with Crippen LogP contribution in [0.1, 0.15) is 31.1 Å². The average molecular weight is 344 g/mol. The van der Waals surface area contributed by atoms with Gasteiger partial charge in [-0.3, -0.25) is 19.7 Å². The summed E-state index contributed by atoms with van der Waals surface area (Å²) in [6, 6.07) is 14.5. The van der Waals surface area contributed by atoms with Gasteiger partial charge in [-0.2, -0.15) is 0 Å². The third-order valence-corrected chi connectivity index (χ3v) is 3.97. The first kappa shape index (κ1) is 15.6. The number of carbonyl (C=O) groups excluding carboxylic acids is 3. The van der Waals surface area contributed by atoms with Crippen LogP contribution in [0, 0.1) is 0 Å². The number of hydrogen-bond donors (Lipinski definition) is 1. The zero-order valence-electron chi connectivity index (χ0n) is 13.4. The number of benzene rings is 2. The first-order chi connectivity index (χ1) is 12.6. The topological polar surface area (TPSA) is 92.3 Å². The summed E-state index contributed by atoms with van der Waals surface area (Å²) >= 11 is 0. The molecule has 1 aliphatic heterocycles. The van der Waals surface area contributed by atoms with Crippen LogP contribution >= 0.6 is 0 Å². The van der Waals surface area contributed by atoms with Gasteiger partial charge in [-0.1, -0.05) is 12.1 Å². The Balaban J connectivity index is 1.56. The summed E-state index contributed by atoms with van der Waals surface area (Å²) in [4.78, 5) is 46.1. The molecule has 0 atom stereocenters. The molecule has 0 aliphatic carbocycles. The zero-order valence-corrected chi connectivity index (χ0v) is 13.4. The highest BCUT2D eigenvalue weighted by molar-refractivity contribution is 6.34. The lowest BCUT2D eigenvalue weighted by Gasteiger charge is -2.14. The van der Waals surface area contributed by atoms with Crippen LogP contribution in [-0.4, -0.2) is 27.7 Å². The summed E-state index contributed by atoms with van der Waals surface area (Å²) in [5.74, 6) is -0.937. The predicted molar refractivity (Wildman–Crippen MR) is 94.0 cm³/mol. The van der Waals surface area contributed by atoms with E-state index in [9.17, 15) is 14.4 Å². The summed E-state index contributed by atoms with van der Waals surface area (Å²) in [6.07, 6.45) is 3.04. The van der Waals surface area contributed by atoms with Crippen LogP contribution in [0.2, 0.25) is 0 Å². The molecule has 0 bridgehead atoms. The Hall–Kier alpha value is -3.87. The number of hydrogen-bond acceptors (Lipinski definition) is 5. The summed E-state index contributed by atoms with van der Waals surface area (Å²) in [7, 11) is 0. The molecule has 2 aromatic carbocycles. The monoisotopic (exact) mass is 344 g/mol. The Bertz CT molecular complexity index is 981. The van der Waals surface area contributed by atoms with Crippen LogP contribution in [0.5, 0.6) is 0 Å². The molecule has 3 amide bonds. The fraction of sp³-hybridized carbons (Fsp3) is 0. The molecule has 0 radical (unpaired) electrons. The summed E-state index contributed by atoms with van der Waals surface area (Å²) in [6.45, 7) is 0. The number of rotatable bonds is 3. The third kappa shape index (κ3) is 2.61. The molecule has 0 spiro atoms. The molecule has 7 heteroatoms. The van der Waals surface area contributed by atoms with Gasteiger partial charge in [0.1, 0.15) is 0 Å². The molecule has 1 aliphatic rings.